The van der Waals surface area contributed by atoms with Crippen molar-refractivity contribution < 1.29 is 4.92 Å². The van der Waals surface area contributed by atoms with Gasteiger partial charge in [0.2, 0.25) is 0 Å². The summed E-state index contributed by atoms with van der Waals surface area (Å²) in [5.41, 5.74) is 1.76. The standard InChI is InChI=1S/C14H16N2O2/c1-14(2,3)9-11-10-5-4-8-15-12(10)6-7-13(11)16(17)18/h4-8H,9H2,1-3H3. The summed E-state index contributed by atoms with van der Waals surface area (Å²) in [4.78, 5) is 15.1. The van der Waals surface area contributed by atoms with Crippen LogP contribution in [0.1, 0.15) is 26.3 Å². The second kappa shape index (κ2) is 4.37. The van der Waals surface area contributed by atoms with Gasteiger partial charge >= 0.3 is 0 Å². The van der Waals surface area contributed by atoms with Gasteiger partial charge in [-0.15, -0.1) is 0 Å². The normalized spacial score (nSPS) is 11.7. The first-order valence-corrected chi connectivity index (χ1v) is 5.89. The molecule has 0 unspecified atom stereocenters. The van der Waals surface area contributed by atoms with Crippen molar-refractivity contribution in [3.63, 3.8) is 0 Å². The quantitative estimate of drug-likeness (QED) is 0.597. The van der Waals surface area contributed by atoms with Gasteiger partial charge < -0.3 is 0 Å². The highest BCUT2D eigenvalue weighted by atomic mass is 16.6. The molecular formula is C14H16N2O2. The zero-order valence-electron chi connectivity index (χ0n) is 10.8. The maximum absolute atomic E-state index is 11.1. The van der Waals surface area contributed by atoms with E-state index in [4.69, 9.17) is 0 Å². The van der Waals surface area contributed by atoms with Crippen molar-refractivity contribution in [3.8, 4) is 0 Å². The fraction of sp³-hybridized carbons (Fsp3) is 0.357. The number of benzene rings is 1. The number of pyridine rings is 1. The van der Waals surface area contributed by atoms with Crippen LogP contribution in [0.25, 0.3) is 10.9 Å². The molecule has 1 aromatic carbocycles. The van der Waals surface area contributed by atoms with Gasteiger partial charge in [0.1, 0.15) is 0 Å². The molecule has 0 atom stereocenters. The van der Waals surface area contributed by atoms with Gasteiger partial charge in [-0.2, -0.15) is 0 Å². The minimum Gasteiger partial charge on any atom is -0.258 e. The first-order valence-electron chi connectivity index (χ1n) is 5.89. The zero-order chi connectivity index (χ0) is 13.3. The molecule has 0 spiro atoms. The largest absolute Gasteiger partial charge is 0.273 e. The fourth-order valence-corrected chi connectivity index (χ4v) is 2.09. The summed E-state index contributed by atoms with van der Waals surface area (Å²) >= 11 is 0. The molecule has 0 radical (unpaired) electrons. The fourth-order valence-electron chi connectivity index (χ4n) is 2.09. The highest BCUT2D eigenvalue weighted by Gasteiger charge is 2.22. The average molecular weight is 244 g/mol. The zero-order valence-corrected chi connectivity index (χ0v) is 10.8. The summed E-state index contributed by atoms with van der Waals surface area (Å²) in [5.74, 6) is 0. The molecule has 0 fully saturated rings. The molecule has 0 amide bonds. The van der Waals surface area contributed by atoms with Crippen LogP contribution in [0, 0.1) is 15.5 Å². The first-order chi connectivity index (χ1) is 8.38. The molecule has 1 aromatic heterocycles. The van der Waals surface area contributed by atoms with Crippen LogP contribution in [0.4, 0.5) is 5.69 Å². The Labute approximate surface area is 106 Å². The number of aromatic nitrogens is 1. The SMILES string of the molecule is CC(C)(C)Cc1c([N+](=O)[O-])ccc2ncccc12. The van der Waals surface area contributed by atoms with Crippen LogP contribution in [0.3, 0.4) is 0 Å². The van der Waals surface area contributed by atoms with Gasteiger partial charge in [-0.3, -0.25) is 15.1 Å². The molecule has 2 rings (SSSR count). The van der Waals surface area contributed by atoms with Crippen molar-refractivity contribution in [2.75, 3.05) is 0 Å². The lowest BCUT2D eigenvalue weighted by molar-refractivity contribution is -0.385. The maximum atomic E-state index is 11.1. The Morgan fingerprint density at radius 2 is 2.00 bits per heavy atom. The summed E-state index contributed by atoms with van der Waals surface area (Å²) in [5, 5.41) is 12.0. The smallest absolute Gasteiger partial charge is 0.258 e. The van der Waals surface area contributed by atoms with Gasteiger partial charge in [-0.05, 0) is 24.0 Å². The van der Waals surface area contributed by atoms with E-state index in [1.807, 2.05) is 12.1 Å². The molecule has 4 nitrogen and oxygen atoms in total. The first kappa shape index (κ1) is 12.5. The Balaban J connectivity index is 2.70. The van der Waals surface area contributed by atoms with Crippen molar-refractivity contribution in [1.29, 1.82) is 0 Å². The predicted octanol–water partition coefficient (Wildman–Crippen LogP) is 3.73. The van der Waals surface area contributed by atoms with Crippen LogP contribution >= 0.6 is 0 Å². The van der Waals surface area contributed by atoms with E-state index in [1.54, 1.807) is 18.3 Å². The molecule has 0 bridgehead atoms. The van der Waals surface area contributed by atoms with E-state index in [0.717, 1.165) is 16.5 Å². The van der Waals surface area contributed by atoms with Crippen molar-refractivity contribution in [3.05, 3.63) is 46.1 Å². The molecule has 1 heterocycles. The summed E-state index contributed by atoms with van der Waals surface area (Å²) in [6, 6.07) is 6.98. The lowest BCUT2D eigenvalue weighted by Gasteiger charge is -2.19. The van der Waals surface area contributed by atoms with E-state index in [2.05, 4.69) is 25.8 Å². The summed E-state index contributed by atoms with van der Waals surface area (Å²) in [6.07, 6.45) is 2.36. The van der Waals surface area contributed by atoms with E-state index < -0.39 is 0 Å². The molecule has 0 saturated heterocycles. The molecule has 18 heavy (non-hydrogen) atoms. The highest BCUT2D eigenvalue weighted by Crippen LogP contribution is 2.32. The van der Waals surface area contributed by atoms with Gasteiger partial charge in [0.15, 0.2) is 0 Å². The van der Waals surface area contributed by atoms with E-state index in [-0.39, 0.29) is 16.0 Å². The predicted molar refractivity (Wildman–Crippen MR) is 71.6 cm³/mol. The molecule has 0 aliphatic rings. The summed E-state index contributed by atoms with van der Waals surface area (Å²) in [6.45, 7) is 6.23. The van der Waals surface area contributed by atoms with Crippen LogP contribution in [0.15, 0.2) is 30.5 Å². The molecule has 4 heteroatoms. The topological polar surface area (TPSA) is 56.0 Å². The Bertz CT molecular complexity index is 600. The second-order valence-corrected chi connectivity index (χ2v) is 5.63. The summed E-state index contributed by atoms with van der Waals surface area (Å²) in [7, 11) is 0. The molecule has 94 valence electrons. The third-order valence-corrected chi connectivity index (χ3v) is 2.78. The van der Waals surface area contributed by atoms with Crippen LogP contribution in [-0.2, 0) is 6.42 Å². The minimum atomic E-state index is -0.312. The number of nitro groups is 1. The van der Waals surface area contributed by atoms with Crippen LogP contribution in [0.5, 0.6) is 0 Å². The lowest BCUT2D eigenvalue weighted by atomic mass is 9.86. The van der Waals surface area contributed by atoms with Crippen molar-refractivity contribution in [1.82, 2.24) is 4.98 Å². The van der Waals surface area contributed by atoms with Crippen molar-refractivity contribution in [2.45, 2.75) is 27.2 Å². The Morgan fingerprint density at radius 1 is 1.28 bits per heavy atom. The monoisotopic (exact) mass is 244 g/mol. The molecule has 2 aromatic rings. The number of fused-ring (bicyclic) bond motifs is 1. The van der Waals surface area contributed by atoms with E-state index in [0.29, 0.717) is 6.42 Å². The summed E-state index contributed by atoms with van der Waals surface area (Å²) < 4.78 is 0. The van der Waals surface area contributed by atoms with Gasteiger partial charge in [0.25, 0.3) is 5.69 Å². The lowest BCUT2D eigenvalue weighted by Crippen LogP contribution is -2.11. The van der Waals surface area contributed by atoms with Gasteiger partial charge in [-0.1, -0.05) is 26.8 Å². The number of hydrogen-bond donors (Lipinski definition) is 0. The third-order valence-electron chi connectivity index (χ3n) is 2.78. The number of nitrogens with zero attached hydrogens (tertiary/aromatic N) is 2. The van der Waals surface area contributed by atoms with Crippen molar-refractivity contribution >= 4 is 16.6 Å². The molecule has 0 aliphatic carbocycles. The van der Waals surface area contributed by atoms with Crippen molar-refractivity contribution in [2.24, 2.45) is 5.41 Å². The Morgan fingerprint density at radius 3 is 2.61 bits per heavy atom. The third kappa shape index (κ3) is 2.47. The number of hydrogen-bond acceptors (Lipinski definition) is 3. The number of rotatable bonds is 2. The highest BCUT2D eigenvalue weighted by molar-refractivity contribution is 5.85. The molecule has 0 aliphatic heterocycles. The van der Waals surface area contributed by atoms with Gasteiger partial charge in [0.05, 0.1) is 10.4 Å². The minimum absolute atomic E-state index is 0.00507. The van der Waals surface area contributed by atoms with Crippen LogP contribution in [-0.4, -0.2) is 9.91 Å². The molecule has 0 N–H and O–H groups in total. The molecular weight excluding hydrogens is 228 g/mol. The van der Waals surface area contributed by atoms with Gasteiger partial charge in [-0.25, -0.2) is 0 Å². The molecule has 0 saturated carbocycles. The van der Waals surface area contributed by atoms with E-state index in [1.165, 1.54) is 0 Å². The maximum Gasteiger partial charge on any atom is 0.273 e. The average Bonchev–Trinajstić information content (AvgIpc) is 2.27. The Kier molecular flexibility index (Phi) is 3.03. The van der Waals surface area contributed by atoms with Crippen LogP contribution in [0.2, 0.25) is 0 Å². The Hall–Kier alpha value is -1.97. The van der Waals surface area contributed by atoms with E-state index in [9.17, 15) is 10.1 Å². The van der Waals surface area contributed by atoms with E-state index >= 15 is 0 Å². The van der Waals surface area contributed by atoms with Crippen LogP contribution < -0.4 is 0 Å². The second-order valence-electron chi connectivity index (χ2n) is 5.63. The number of nitro benzene ring substituents is 1. The van der Waals surface area contributed by atoms with Gasteiger partial charge in [0, 0.05) is 23.2 Å².